The van der Waals surface area contributed by atoms with Crippen LogP contribution in [0.4, 0.5) is 0 Å². The van der Waals surface area contributed by atoms with Crippen molar-refractivity contribution in [3.63, 3.8) is 0 Å². The third-order valence-electron chi connectivity index (χ3n) is 3.97. The molecule has 2 nitrogen and oxygen atoms in total. The van der Waals surface area contributed by atoms with Crippen LogP contribution in [0.1, 0.15) is 33.1 Å². The second-order valence-electron chi connectivity index (χ2n) is 6.16. The molecule has 3 heteroatoms. The Hall–Kier alpha value is 0.270. The van der Waals surface area contributed by atoms with Crippen LogP contribution < -0.4 is 5.32 Å². The van der Waals surface area contributed by atoms with E-state index in [1.165, 1.54) is 43.9 Å². The number of hydrogen-bond acceptors (Lipinski definition) is 3. The van der Waals surface area contributed by atoms with Crippen LogP contribution in [0.3, 0.4) is 0 Å². The van der Waals surface area contributed by atoms with Gasteiger partial charge in [0.05, 0.1) is 0 Å². The van der Waals surface area contributed by atoms with Gasteiger partial charge in [-0.2, -0.15) is 11.8 Å². The van der Waals surface area contributed by atoms with Crippen molar-refractivity contribution in [3.8, 4) is 0 Å². The summed E-state index contributed by atoms with van der Waals surface area (Å²) in [6.07, 6.45) is 4.11. The summed E-state index contributed by atoms with van der Waals surface area (Å²) in [5.41, 5.74) is 0.542. The van der Waals surface area contributed by atoms with Crippen molar-refractivity contribution < 1.29 is 0 Å². The van der Waals surface area contributed by atoms with Crippen molar-refractivity contribution in [2.45, 2.75) is 45.2 Å². The second kappa shape index (κ2) is 5.28. The summed E-state index contributed by atoms with van der Waals surface area (Å²) in [6, 6.07) is 1.55. The first-order valence-corrected chi connectivity index (χ1v) is 7.75. The zero-order valence-electron chi connectivity index (χ0n) is 11.0. The van der Waals surface area contributed by atoms with Crippen LogP contribution in [0, 0.1) is 5.41 Å². The largest absolute Gasteiger partial charge is 0.316 e. The van der Waals surface area contributed by atoms with Gasteiger partial charge in [0.1, 0.15) is 0 Å². The molecule has 2 atom stereocenters. The quantitative estimate of drug-likeness (QED) is 0.799. The van der Waals surface area contributed by atoms with Gasteiger partial charge in [-0.1, -0.05) is 13.8 Å². The number of likely N-dealkylation sites (tertiary alicyclic amines) is 1. The van der Waals surface area contributed by atoms with Gasteiger partial charge in [0.2, 0.25) is 0 Å². The highest BCUT2D eigenvalue weighted by atomic mass is 32.2. The van der Waals surface area contributed by atoms with E-state index in [-0.39, 0.29) is 0 Å². The lowest BCUT2D eigenvalue weighted by Crippen LogP contribution is -2.52. The molecule has 0 bridgehead atoms. The molecular formula is C13H26N2S. The van der Waals surface area contributed by atoms with Crippen LogP contribution in [-0.2, 0) is 0 Å². The lowest BCUT2D eigenvalue weighted by atomic mass is 9.86. The van der Waals surface area contributed by atoms with Gasteiger partial charge in [0.15, 0.2) is 0 Å². The van der Waals surface area contributed by atoms with Gasteiger partial charge in [-0.25, -0.2) is 0 Å². The Bertz CT molecular complexity index is 230. The van der Waals surface area contributed by atoms with E-state index in [9.17, 15) is 0 Å². The first-order chi connectivity index (χ1) is 7.61. The van der Waals surface area contributed by atoms with Crippen molar-refractivity contribution in [2.24, 2.45) is 5.41 Å². The normalized spacial score (nSPS) is 36.2. The molecule has 0 aliphatic carbocycles. The summed E-state index contributed by atoms with van der Waals surface area (Å²) in [5, 5.41) is 3.45. The smallest absolute Gasteiger partial charge is 0.0192 e. The lowest BCUT2D eigenvalue weighted by molar-refractivity contribution is 0.118. The van der Waals surface area contributed by atoms with Crippen molar-refractivity contribution >= 4 is 11.8 Å². The molecule has 0 spiro atoms. The average Bonchev–Trinajstić information content (AvgIpc) is 2.28. The minimum atomic E-state index is 0.542. The van der Waals surface area contributed by atoms with E-state index in [1.54, 1.807) is 0 Å². The molecule has 0 aromatic carbocycles. The van der Waals surface area contributed by atoms with Crippen LogP contribution in [0.15, 0.2) is 0 Å². The summed E-state index contributed by atoms with van der Waals surface area (Å²) >= 11 is 2.15. The monoisotopic (exact) mass is 242 g/mol. The van der Waals surface area contributed by atoms with E-state index in [1.807, 2.05) is 0 Å². The first kappa shape index (κ1) is 12.7. The molecule has 0 aromatic heterocycles. The van der Waals surface area contributed by atoms with Crippen LogP contribution in [0.25, 0.3) is 0 Å². The molecule has 2 aliphatic heterocycles. The van der Waals surface area contributed by atoms with Crippen molar-refractivity contribution in [2.75, 3.05) is 31.6 Å². The van der Waals surface area contributed by atoms with Crippen molar-refractivity contribution in [1.82, 2.24) is 10.2 Å². The number of rotatable bonds is 2. The Kier molecular flexibility index (Phi) is 4.20. The molecule has 2 aliphatic rings. The van der Waals surface area contributed by atoms with Crippen LogP contribution in [-0.4, -0.2) is 48.6 Å². The van der Waals surface area contributed by atoms with Gasteiger partial charge in [0, 0.05) is 24.4 Å². The third kappa shape index (κ3) is 3.14. The molecule has 0 radical (unpaired) electrons. The van der Waals surface area contributed by atoms with Crippen LogP contribution >= 0.6 is 11.8 Å². The summed E-state index contributed by atoms with van der Waals surface area (Å²) < 4.78 is 0. The van der Waals surface area contributed by atoms with E-state index in [2.05, 4.69) is 42.9 Å². The number of thioether (sulfide) groups is 1. The van der Waals surface area contributed by atoms with Crippen LogP contribution in [0.5, 0.6) is 0 Å². The fourth-order valence-corrected chi connectivity index (χ4v) is 4.42. The van der Waals surface area contributed by atoms with Gasteiger partial charge in [-0.05, 0) is 44.0 Å². The second-order valence-corrected chi connectivity index (χ2v) is 7.19. The maximum atomic E-state index is 3.45. The average molecular weight is 242 g/mol. The Morgan fingerprint density at radius 3 is 2.88 bits per heavy atom. The molecule has 94 valence electrons. The predicted molar refractivity (Wildman–Crippen MR) is 73.2 cm³/mol. The van der Waals surface area contributed by atoms with E-state index in [0.29, 0.717) is 5.41 Å². The minimum absolute atomic E-state index is 0.542. The molecule has 16 heavy (non-hydrogen) atoms. The van der Waals surface area contributed by atoms with Gasteiger partial charge in [0.25, 0.3) is 0 Å². The number of piperidine rings is 1. The zero-order valence-corrected chi connectivity index (χ0v) is 11.8. The zero-order chi connectivity index (χ0) is 11.6. The fraction of sp³-hybridized carbons (Fsp3) is 1.00. The molecule has 2 fully saturated rings. The molecule has 2 unspecified atom stereocenters. The number of nitrogens with one attached hydrogen (secondary N) is 1. The maximum absolute atomic E-state index is 3.45. The Labute approximate surface area is 105 Å². The van der Waals surface area contributed by atoms with Crippen molar-refractivity contribution in [1.29, 1.82) is 0 Å². The summed E-state index contributed by atoms with van der Waals surface area (Å²) in [4.78, 5) is 2.73. The molecule has 0 amide bonds. The Morgan fingerprint density at radius 1 is 1.38 bits per heavy atom. The topological polar surface area (TPSA) is 15.3 Å². The summed E-state index contributed by atoms with van der Waals surface area (Å²) in [5.74, 6) is 2.69. The van der Waals surface area contributed by atoms with Gasteiger partial charge in [-0.3, -0.25) is 4.90 Å². The Morgan fingerprint density at radius 2 is 2.19 bits per heavy atom. The SMILES string of the molecule is CNC1CCCN(C2CSCC(C)(C)C2)C1. The highest BCUT2D eigenvalue weighted by molar-refractivity contribution is 7.99. The van der Waals surface area contributed by atoms with E-state index in [4.69, 9.17) is 0 Å². The predicted octanol–water partition coefficient (Wildman–Crippen LogP) is 2.20. The maximum Gasteiger partial charge on any atom is 0.0192 e. The lowest BCUT2D eigenvalue weighted by Gasteiger charge is -2.44. The van der Waals surface area contributed by atoms with E-state index >= 15 is 0 Å². The van der Waals surface area contributed by atoms with Gasteiger partial charge < -0.3 is 5.32 Å². The highest BCUT2D eigenvalue weighted by Gasteiger charge is 2.33. The van der Waals surface area contributed by atoms with E-state index < -0.39 is 0 Å². The first-order valence-electron chi connectivity index (χ1n) is 6.60. The van der Waals surface area contributed by atoms with E-state index in [0.717, 1.165) is 12.1 Å². The van der Waals surface area contributed by atoms with Gasteiger partial charge >= 0.3 is 0 Å². The minimum Gasteiger partial charge on any atom is -0.316 e. The number of hydrogen-bond donors (Lipinski definition) is 1. The molecular weight excluding hydrogens is 216 g/mol. The van der Waals surface area contributed by atoms with Gasteiger partial charge in [-0.15, -0.1) is 0 Å². The van der Waals surface area contributed by atoms with Crippen LogP contribution in [0.2, 0.25) is 0 Å². The fourth-order valence-electron chi connectivity index (χ4n) is 3.04. The summed E-state index contributed by atoms with van der Waals surface area (Å²) in [6.45, 7) is 7.43. The molecule has 2 heterocycles. The number of nitrogens with zero attached hydrogens (tertiary/aromatic N) is 1. The molecule has 0 aromatic rings. The highest BCUT2D eigenvalue weighted by Crippen LogP contribution is 2.36. The Balaban J connectivity index is 1.91. The third-order valence-corrected chi connectivity index (χ3v) is 5.57. The molecule has 1 N–H and O–H groups in total. The standard InChI is InChI=1S/C13H26N2S/c1-13(2)7-12(9-16-10-13)15-6-4-5-11(8-15)14-3/h11-12,14H,4-10H2,1-3H3. The molecule has 2 saturated heterocycles. The summed E-state index contributed by atoms with van der Waals surface area (Å²) in [7, 11) is 2.10. The molecule has 0 saturated carbocycles. The number of likely N-dealkylation sites (N-methyl/N-ethyl adjacent to an activating group) is 1. The van der Waals surface area contributed by atoms with Crippen molar-refractivity contribution in [3.05, 3.63) is 0 Å². The molecule has 2 rings (SSSR count).